The third-order valence-electron chi connectivity index (χ3n) is 5.09. The van der Waals surface area contributed by atoms with Crippen LogP contribution in [0.25, 0.3) is 0 Å². The molecule has 1 N–H and O–H groups in total. The molecule has 0 aromatic heterocycles. The SMILES string of the molecule is Cc1ccc(S(=O)(=O)c2cc(C)ccc2S(=O)(=O)c2ccc([C@H](C)NS(C)(=O)=O)cc2)cc1. The largest absolute Gasteiger partial charge is 0.218 e. The summed E-state index contributed by atoms with van der Waals surface area (Å²) >= 11 is 0. The van der Waals surface area contributed by atoms with E-state index in [4.69, 9.17) is 0 Å². The molecule has 3 aromatic rings. The predicted molar refractivity (Wildman–Crippen MR) is 126 cm³/mol. The van der Waals surface area contributed by atoms with Crippen molar-refractivity contribution < 1.29 is 25.3 Å². The maximum atomic E-state index is 13.4. The van der Waals surface area contributed by atoms with Crippen LogP contribution in [0.15, 0.2) is 86.3 Å². The molecular weight excluding hydrogens is 482 g/mol. The van der Waals surface area contributed by atoms with E-state index in [9.17, 15) is 25.3 Å². The molecule has 3 aromatic carbocycles. The molecule has 0 spiro atoms. The topological polar surface area (TPSA) is 114 Å². The third-order valence-corrected chi connectivity index (χ3v) is 9.64. The monoisotopic (exact) mass is 507 g/mol. The van der Waals surface area contributed by atoms with Crippen molar-refractivity contribution >= 4 is 29.7 Å². The summed E-state index contributed by atoms with van der Waals surface area (Å²) in [6.45, 7) is 5.15. The summed E-state index contributed by atoms with van der Waals surface area (Å²) in [5, 5.41) is 0. The molecule has 0 amide bonds. The van der Waals surface area contributed by atoms with Gasteiger partial charge in [-0.1, -0.05) is 35.9 Å². The fraction of sp³-hybridized carbons (Fsp3) is 0.217. The van der Waals surface area contributed by atoms with Gasteiger partial charge in [-0.15, -0.1) is 0 Å². The first-order valence-corrected chi connectivity index (χ1v) is 14.8. The maximum absolute atomic E-state index is 13.4. The van der Waals surface area contributed by atoms with Gasteiger partial charge in [0.2, 0.25) is 29.7 Å². The minimum absolute atomic E-state index is 0.00571. The van der Waals surface area contributed by atoms with Gasteiger partial charge in [-0.2, -0.15) is 0 Å². The molecule has 3 rings (SSSR count). The molecule has 0 saturated carbocycles. The van der Waals surface area contributed by atoms with Gasteiger partial charge < -0.3 is 0 Å². The Bertz CT molecular complexity index is 1490. The van der Waals surface area contributed by atoms with Gasteiger partial charge in [0.1, 0.15) is 0 Å². The molecule has 0 radical (unpaired) electrons. The van der Waals surface area contributed by atoms with Crippen LogP contribution < -0.4 is 4.72 Å². The summed E-state index contributed by atoms with van der Waals surface area (Å²) in [7, 11) is -11.7. The molecule has 0 saturated heterocycles. The quantitative estimate of drug-likeness (QED) is 0.523. The highest BCUT2D eigenvalue weighted by atomic mass is 32.2. The molecule has 0 aliphatic carbocycles. The lowest BCUT2D eigenvalue weighted by Crippen LogP contribution is -2.25. The summed E-state index contributed by atoms with van der Waals surface area (Å²) in [4.78, 5) is -0.695. The van der Waals surface area contributed by atoms with Crippen LogP contribution in [0.1, 0.15) is 29.7 Å². The van der Waals surface area contributed by atoms with Gasteiger partial charge in [0.25, 0.3) is 0 Å². The molecule has 0 heterocycles. The van der Waals surface area contributed by atoms with Crippen LogP contribution in [0, 0.1) is 13.8 Å². The van der Waals surface area contributed by atoms with E-state index in [2.05, 4.69) is 4.72 Å². The van der Waals surface area contributed by atoms with E-state index in [1.54, 1.807) is 32.0 Å². The normalized spacial score (nSPS) is 13.6. The van der Waals surface area contributed by atoms with Crippen LogP contribution in [-0.4, -0.2) is 31.5 Å². The summed E-state index contributed by atoms with van der Waals surface area (Å²) in [5.74, 6) is 0. The molecule has 0 aliphatic heterocycles. The second-order valence-electron chi connectivity index (χ2n) is 7.95. The summed E-state index contributed by atoms with van der Waals surface area (Å²) in [6.07, 6.45) is 1.04. The lowest BCUT2D eigenvalue weighted by Gasteiger charge is -2.15. The molecule has 176 valence electrons. The third kappa shape index (κ3) is 5.52. The molecule has 0 unspecified atom stereocenters. The second kappa shape index (κ2) is 9.02. The first-order chi connectivity index (χ1) is 15.2. The zero-order valence-corrected chi connectivity index (χ0v) is 21.1. The number of sulfone groups is 2. The first kappa shape index (κ1) is 25.1. The van der Waals surface area contributed by atoms with Gasteiger partial charge in [-0.3, -0.25) is 0 Å². The minimum atomic E-state index is -4.18. The Morgan fingerprint density at radius 1 is 0.636 bits per heavy atom. The Balaban J connectivity index is 2.09. The average Bonchev–Trinajstić information content (AvgIpc) is 2.72. The Morgan fingerprint density at radius 2 is 1.09 bits per heavy atom. The van der Waals surface area contributed by atoms with E-state index < -0.39 is 35.7 Å². The average molecular weight is 508 g/mol. The molecular formula is C23H25NO6S3. The van der Waals surface area contributed by atoms with Gasteiger partial charge in [-0.05, 0) is 68.3 Å². The molecule has 0 bridgehead atoms. The van der Waals surface area contributed by atoms with Crippen molar-refractivity contribution in [3.05, 3.63) is 83.4 Å². The Hall–Kier alpha value is -2.53. The maximum Gasteiger partial charge on any atom is 0.209 e. The van der Waals surface area contributed by atoms with E-state index >= 15 is 0 Å². The molecule has 0 fully saturated rings. The second-order valence-corrected chi connectivity index (χ2v) is 13.6. The van der Waals surface area contributed by atoms with Crippen LogP contribution in [-0.2, 0) is 29.7 Å². The number of sulfonamides is 1. The van der Waals surface area contributed by atoms with E-state index in [1.807, 2.05) is 6.92 Å². The smallest absolute Gasteiger partial charge is 0.209 e. The zero-order valence-electron chi connectivity index (χ0n) is 18.6. The highest BCUT2D eigenvalue weighted by Crippen LogP contribution is 2.32. The summed E-state index contributed by atoms with van der Waals surface area (Å²) < 4.78 is 78.9. The number of hydrogen-bond acceptors (Lipinski definition) is 6. The predicted octanol–water partition coefficient (Wildman–Crippen LogP) is 3.58. The molecule has 1 atom stereocenters. The molecule has 33 heavy (non-hydrogen) atoms. The van der Waals surface area contributed by atoms with E-state index in [-0.39, 0.29) is 19.6 Å². The zero-order chi connectivity index (χ0) is 24.6. The molecule has 7 nitrogen and oxygen atoms in total. The molecule has 0 aliphatic rings. The number of aryl methyl sites for hydroxylation is 2. The van der Waals surface area contributed by atoms with Crippen molar-refractivity contribution in [2.75, 3.05) is 6.26 Å². The standard InChI is InChI=1S/C23H25NO6S3/c1-16-5-10-20(11-6-16)33(29,30)23-15-17(2)7-14-22(23)32(27,28)21-12-8-19(9-13-21)18(3)24-31(4,25)26/h5-15,18,24H,1-4H3/t18-/m0/s1. The minimum Gasteiger partial charge on any atom is -0.218 e. The van der Waals surface area contributed by atoms with Gasteiger partial charge in [0, 0.05) is 6.04 Å². The number of nitrogens with one attached hydrogen (secondary N) is 1. The Labute approximate surface area is 195 Å². The number of benzene rings is 3. The fourth-order valence-electron chi connectivity index (χ4n) is 3.34. The summed E-state index contributed by atoms with van der Waals surface area (Å²) in [6, 6.07) is 15.5. The van der Waals surface area contributed by atoms with Crippen LogP contribution in [0.3, 0.4) is 0 Å². The lowest BCUT2D eigenvalue weighted by molar-refractivity contribution is 0.572. The first-order valence-electron chi connectivity index (χ1n) is 9.96. The van der Waals surface area contributed by atoms with Crippen molar-refractivity contribution in [3.63, 3.8) is 0 Å². The van der Waals surface area contributed by atoms with Crippen molar-refractivity contribution in [2.45, 2.75) is 46.4 Å². The van der Waals surface area contributed by atoms with Crippen LogP contribution in [0.5, 0.6) is 0 Å². The Morgan fingerprint density at radius 3 is 1.61 bits per heavy atom. The number of hydrogen-bond donors (Lipinski definition) is 1. The van der Waals surface area contributed by atoms with Crippen molar-refractivity contribution in [1.82, 2.24) is 4.72 Å². The Kier molecular flexibility index (Phi) is 6.86. The van der Waals surface area contributed by atoms with E-state index in [1.165, 1.54) is 48.5 Å². The van der Waals surface area contributed by atoms with E-state index in [0.717, 1.165) is 11.8 Å². The highest BCUT2D eigenvalue weighted by Gasteiger charge is 2.29. The molecule has 10 heteroatoms. The van der Waals surface area contributed by atoms with Crippen molar-refractivity contribution in [2.24, 2.45) is 0 Å². The highest BCUT2D eigenvalue weighted by molar-refractivity contribution is 7.94. The number of rotatable bonds is 7. The van der Waals surface area contributed by atoms with Crippen molar-refractivity contribution in [3.8, 4) is 0 Å². The van der Waals surface area contributed by atoms with Gasteiger partial charge >= 0.3 is 0 Å². The van der Waals surface area contributed by atoms with Crippen LogP contribution in [0.2, 0.25) is 0 Å². The fourth-order valence-corrected chi connectivity index (χ4v) is 7.52. The van der Waals surface area contributed by atoms with E-state index in [0.29, 0.717) is 11.1 Å². The lowest BCUT2D eigenvalue weighted by atomic mass is 10.1. The van der Waals surface area contributed by atoms with Crippen molar-refractivity contribution in [1.29, 1.82) is 0 Å². The van der Waals surface area contributed by atoms with Crippen LogP contribution in [0.4, 0.5) is 0 Å². The van der Waals surface area contributed by atoms with Gasteiger partial charge in [-0.25, -0.2) is 30.0 Å². The summed E-state index contributed by atoms with van der Waals surface area (Å²) in [5.41, 5.74) is 2.05. The van der Waals surface area contributed by atoms with Crippen LogP contribution >= 0.6 is 0 Å². The van der Waals surface area contributed by atoms with Gasteiger partial charge in [0.05, 0.1) is 25.8 Å². The van der Waals surface area contributed by atoms with Gasteiger partial charge in [0.15, 0.2) is 0 Å².